The maximum atomic E-state index is 13.6. The molecule has 2 amide bonds. The van der Waals surface area contributed by atoms with E-state index in [0.29, 0.717) is 22.6 Å². The number of primary amides is 1. The van der Waals surface area contributed by atoms with Gasteiger partial charge in [0.25, 0.3) is 0 Å². The van der Waals surface area contributed by atoms with E-state index in [1.807, 2.05) is 6.07 Å². The van der Waals surface area contributed by atoms with Crippen LogP contribution in [0.4, 0.5) is 0 Å². The standard InChI is InChI=1S/C23H25N5O5S2/c1-33-17-4-2-15-3-5-18(10-16(15)9-17)35(31,32)28(12-21(24)29)19-6-7-27(23(19)30)11-14-8-20(22(25)26)34-13-14/h2-5,8-10,13,19H,6-7,11-12H2,1H3,(H2,24,29)(H3,25,26)/t19-/m0/s1. The van der Waals surface area contributed by atoms with Crippen LogP contribution in [0.2, 0.25) is 0 Å². The molecule has 184 valence electrons. The number of nitrogen functional groups attached to an aromatic ring is 1. The molecule has 4 rings (SSSR count). The lowest BCUT2D eigenvalue weighted by Gasteiger charge is -2.26. The number of carbonyl (C=O) groups excluding carboxylic acids is 2. The van der Waals surface area contributed by atoms with Crippen LogP contribution in [0.5, 0.6) is 5.75 Å². The van der Waals surface area contributed by atoms with Crippen LogP contribution < -0.4 is 16.2 Å². The third-order valence-electron chi connectivity index (χ3n) is 5.85. The predicted molar refractivity (Wildman–Crippen MR) is 133 cm³/mol. The number of nitrogens with two attached hydrogens (primary N) is 2. The van der Waals surface area contributed by atoms with E-state index in [1.165, 1.54) is 35.5 Å². The van der Waals surface area contributed by atoms with E-state index in [9.17, 15) is 18.0 Å². The van der Waals surface area contributed by atoms with Crippen LogP contribution in [0.25, 0.3) is 10.8 Å². The number of hydrogen-bond donors (Lipinski definition) is 3. The van der Waals surface area contributed by atoms with Crippen molar-refractivity contribution in [3.05, 3.63) is 58.3 Å². The highest BCUT2D eigenvalue weighted by atomic mass is 32.2. The van der Waals surface area contributed by atoms with Gasteiger partial charge in [0.1, 0.15) is 17.6 Å². The third-order valence-corrected chi connectivity index (χ3v) is 8.71. The van der Waals surface area contributed by atoms with Gasteiger partial charge in [0.2, 0.25) is 21.8 Å². The summed E-state index contributed by atoms with van der Waals surface area (Å²) >= 11 is 1.30. The molecule has 35 heavy (non-hydrogen) atoms. The molecule has 2 heterocycles. The summed E-state index contributed by atoms with van der Waals surface area (Å²) in [5.41, 5.74) is 11.7. The molecule has 1 saturated heterocycles. The molecule has 0 radical (unpaired) electrons. The lowest BCUT2D eigenvalue weighted by Crippen LogP contribution is -2.48. The highest BCUT2D eigenvalue weighted by Gasteiger charge is 2.42. The molecule has 0 spiro atoms. The minimum absolute atomic E-state index is 0.0466. The van der Waals surface area contributed by atoms with Crippen molar-refractivity contribution in [2.45, 2.75) is 23.9 Å². The number of benzene rings is 2. The Kier molecular flexibility index (Phi) is 6.79. The summed E-state index contributed by atoms with van der Waals surface area (Å²) < 4.78 is 33.4. The summed E-state index contributed by atoms with van der Waals surface area (Å²) in [4.78, 5) is 27.1. The van der Waals surface area contributed by atoms with Crippen LogP contribution >= 0.6 is 11.3 Å². The number of ether oxygens (including phenoxy) is 1. The largest absolute Gasteiger partial charge is 0.497 e. The average Bonchev–Trinajstić information content (AvgIpc) is 3.44. The van der Waals surface area contributed by atoms with E-state index in [0.717, 1.165) is 15.3 Å². The molecule has 2 aromatic carbocycles. The first-order valence-corrected chi connectivity index (χ1v) is 13.0. The maximum absolute atomic E-state index is 13.6. The van der Waals surface area contributed by atoms with Crippen molar-refractivity contribution in [2.75, 3.05) is 20.2 Å². The molecule has 0 aliphatic carbocycles. The summed E-state index contributed by atoms with van der Waals surface area (Å²) in [5, 5.41) is 10.8. The highest BCUT2D eigenvalue weighted by Crippen LogP contribution is 2.29. The molecular formula is C23H25N5O5S2. The molecule has 1 atom stereocenters. The van der Waals surface area contributed by atoms with Gasteiger partial charge in [-0.15, -0.1) is 11.3 Å². The number of carbonyl (C=O) groups is 2. The van der Waals surface area contributed by atoms with E-state index in [4.69, 9.17) is 21.6 Å². The Labute approximate surface area is 206 Å². The van der Waals surface area contributed by atoms with Gasteiger partial charge < -0.3 is 21.1 Å². The number of fused-ring (bicyclic) bond motifs is 1. The quantitative estimate of drug-likeness (QED) is 0.289. The second-order valence-electron chi connectivity index (χ2n) is 8.19. The number of amides is 2. The molecule has 0 saturated carbocycles. The molecule has 1 aromatic heterocycles. The summed E-state index contributed by atoms with van der Waals surface area (Å²) in [6, 6.07) is 10.6. The van der Waals surface area contributed by atoms with Gasteiger partial charge in [-0.25, -0.2) is 8.42 Å². The Morgan fingerprint density at radius 1 is 1.20 bits per heavy atom. The number of methoxy groups -OCH3 is 1. The number of sulfonamides is 1. The van der Waals surface area contributed by atoms with Crippen LogP contribution in [-0.4, -0.2) is 61.5 Å². The maximum Gasteiger partial charge on any atom is 0.244 e. The van der Waals surface area contributed by atoms with Crippen LogP contribution in [0, 0.1) is 5.41 Å². The number of hydrogen-bond acceptors (Lipinski definition) is 7. The fourth-order valence-corrected chi connectivity index (χ4v) is 6.49. The van der Waals surface area contributed by atoms with Gasteiger partial charge in [0, 0.05) is 13.1 Å². The minimum Gasteiger partial charge on any atom is -0.497 e. The first-order valence-electron chi connectivity index (χ1n) is 10.7. The Balaban J connectivity index is 1.63. The van der Waals surface area contributed by atoms with Crippen molar-refractivity contribution in [1.82, 2.24) is 9.21 Å². The second kappa shape index (κ2) is 9.64. The van der Waals surface area contributed by atoms with Gasteiger partial charge in [-0.1, -0.05) is 12.1 Å². The summed E-state index contributed by atoms with van der Waals surface area (Å²) in [6.45, 7) is -0.0521. The number of rotatable bonds is 9. The molecule has 1 aliphatic heterocycles. The highest BCUT2D eigenvalue weighted by molar-refractivity contribution is 7.89. The monoisotopic (exact) mass is 515 g/mol. The Hall–Kier alpha value is -3.48. The fraction of sp³-hybridized carbons (Fsp3) is 0.261. The lowest BCUT2D eigenvalue weighted by molar-refractivity contribution is -0.131. The van der Waals surface area contributed by atoms with E-state index in [2.05, 4.69) is 0 Å². The van der Waals surface area contributed by atoms with Crippen LogP contribution in [0.1, 0.15) is 16.9 Å². The normalized spacial score (nSPS) is 16.2. The zero-order valence-electron chi connectivity index (χ0n) is 18.9. The molecule has 3 aromatic rings. The summed E-state index contributed by atoms with van der Waals surface area (Å²) in [5.74, 6) is -0.748. The SMILES string of the molecule is COc1ccc2ccc(S(=O)(=O)N(CC(N)=O)[C@H]3CCN(Cc4csc(C(=N)N)c4)C3=O)cc2c1. The Bertz CT molecular complexity index is 1420. The number of amidine groups is 1. The van der Waals surface area contributed by atoms with Gasteiger partial charge in [-0.2, -0.15) is 4.31 Å². The zero-order valence-corrected chi connectivity index (χ0v) is 20.6. The van der Waals surface area contributed by atoms with Crippen LogP contribution in [0.3, 0.4) is 0 Å². The summed E-state index contributed by atoms with van der Waals surface area (Å²) in [7, 11) is -2.71. The molecule has 0 unspecified atom stereocenters. The van der Waals surface area contributed by atoms with Gasteiger partial charge in [-0.05, 0) is 58.5 Å². The average molecular weight is 516 g/mol. The molecule has 1 fully saturated rings. The third kappa shape index (κ3) is 4.99. The first-order chi connectivity index (χ1) is 16.6. The van der Waals surface area contributed by atoms with E-state index in [-0.39, 0.29) is 23.7 Å². The van der Waals surface area contributed by atoms with E-state index < -0.39 is 34.4 Å². The zero-order chi connectivity index (χ0) is 25.3. The molecule has 0 bridgehead atoms. The fourth-order valence-electron chi connectivity index (χ4n) is 4.11. The predicted octanol–water partition coefficient (Wildman–Crippen LogP) is 1.47. The van der Waals surface area contributed by atoms with Gasteiger partial charge in [-0.3, -0.25) is 15.0 Å². The number of likely N-dealkylation sites (tertiary alicyclic amines) is 1. The number of nitrogens with one attached hydrogen (secondary N) is 1. The first kappa shape index (κ1) is 24.6. The van der Waals surface area contributed by atoms with Gasteiger partial charge in [0.15, 0.2) is 0 Å². The topological polar surface area (TPSA) is 160 Å². The van der Waals surface area contributed by atoms with Crippen molar-refractivity contribution in [1.29, 1.82) is 5.41 Å². The number of thiophene rings is 1. The van der Waals surface area contributed by atoms with Crippen LogP contribution in [-0.2, 0) is 26.2 Å². The van der Waals surface area contributed by atoms with Crippen LogP contribution in [0.15, 0.2) is 52.7 Å². The Morgan fingerprint density at radius 3 is 2.60 bits per heavy atom. The van der Waals surface area contributed by atoms with E-state index in [1.54, 1.807) is 29.6 Å². The molecule has 5 N–H and O–H groups in total. The van der Waals surface area contributed by atoms with Crippen molar-refractivity contribution in [2.24, 2.45) is 11.5 Å². The van der Waals surface area contributed by atoms with Gasteiger partial charge >= 0.3 is 0 Å². The molecule has 1 aliphatic rings. The van der Waals surface area contributed by atoms with Crippen molar-refractivity contribution < 1.29 is 22.7 Å². The van der Waals surface area contributed by atoms with Crippen molar-refractivity contribution in [3.63, 3.8) is 0 Å². The lowest BCUT2D eigenvalue weighted by atomic mass is 10.1. The molecule has 10 nitrogen and oxygen atoms in total. The van der Waals surface area contributed by atoms with Gasteiger partial charge in [0.05, 0.1) is 23.4 Å². The Morgan fingerprint density at radius 2 is 1.94 bits per heavy atom. The molecular weight excluding hydrogens is 490 g/mol. The van der Waals surface area contributed by atoms with Crippen molar-refractivity contribution in [3.8, 4) is 5.75 Å². The smallest absolute Gasteiger partial charge is 0.244 e. The van der Waals surface area contributed by atoms with Crippen molar-refractivity contribution >= 4 is 49.8 Å². The summed E-state index contributed by atoms with van der Waals surface area (Å²) in [6.07, 6.45) is 0.219. The second-order valence-corrected chi connectivity index (χ2v) is 11.0. The number of nitrogens with zero attached hydrogens (tertiary/aromatic N) is 2. The van der Waals surface area contributed by atoms with E-state index >= 15 is 0 Å². The molecule has 12 heteroatoms. The minimum atomic E-state index is -4.23.